The second-order valence-corrected chi connectivity index (χ2v) is 8.05. The standard InChI is InChI=1S/C23H31NO5/c1-5-28-22(27)18-12-9-13-20(25)24(15-14-21(26)29-23(2,3)4)19(16-18)17-10-7-6-8-11-17/h6-8,10-11,16,18H,5,9,12-15H2,1-4H3/b19-16-. The molecule has 0 saturated carbocycles. The first-order valence-electron chi connectivity index (χ1n) is 10.2. The molecular weight excluding hydrogens is 370 g/mol. The zero-order chi connectivity index (χ0) is 21.4. The summed E-state index contributed by atoms with van der Waals surface area (Å²) in [5.41, 5.74) is 0.878. The highest BCUT2D eigenvalue weighted by Crippen LogP contribution is 2.28. The Morgan fingerprint density at radius 1 is 1.17 bits per heavy atom. The van der Waals surface area contributed by atoms with Crippen molar-refractivity contribution in [1.82, 2.24) is 4.90 Å². The zero-order valence-corrected chi connectivity index (χ0v) is 17.8. The topological polar surface area (TPSA) is 72.9 Å². The van der Waals surface area contributed by atoms with Crippen LogP contribution in [-0.4, -0.2) is 41.5 Å². The Balaban J connectivity index is 2.33. The molecule has 1 aliphatic heterocycles. The van der Waals surface area contributed by atoms with Crippen LogP contribution >= 0.6 is 0 Å². The van der Waals surface area contributed by atoms with Crippen molar-refractivity contribution in [2.75, 3.05) is 13.2 Å². The molecule has 6 nitrogen and oxygen atoms in total. The molecule has 1 atom stereocenters. The third-order valence-electron chi connectivity index (χ3n) is 4.48. The summed E-state index contributed by atoms with van der Waals surface area (Å²) >= 11 is 0. The molecule has 1 aliphatic rings. The van der Waals surface area contributed by atoms with Crippen molar-refractivity contribution in [3.05, 3.63) is 42.0 Å². The van der Waals surface area contributed by atoms with E-state index in [2.05, 4.69) is 0 Å². The molecule has 6 heteroatoms. The Hall–Kier alpha value is -2.63. The van der Waals surface area contributed by atoms with Crippen molar-refractivity contribution in [1.29, 1.82) is 0 Å². The van der Waals surface area contributed by atoms with Crippen molar-refractivity contribution < 1.29 is 23.9 Å². The largest absolute Gasteiger partial charge is 0.466 e. The van der Waals surface area contributed by atoms with Gasteiger partial charge in [-0.2, -0.15) is 0 Å². The first-order valence-corrected chi connectivity index (χ1v) is 10.2. The summed E-state index contributed by atoms with van der Waals surface area (Å²) in [6.45, 7) is 7.72. The molecule has 0 N–H and O–H groups in total. The lowest BCUT2D eigenvalue weighted by Gasteiger charge is -2.29. The van der Waals surface area contributed by atoms with E-state index < -0.39 is 11.5 Å². The molecule has 158 valence electrons. The number of esters is 2. The Bertz CT molecular complexity index is 748. The van der Waals surface area contributed by atoms with Gasteiger partial charge in [0.05, 0.1) is 18.9 Å². The molecule has 0 aromatic heterocycles. The quantitative estimate of drug-likeness (QED) is 0.675. The molecule has 1 unspecified atom stereocenters. The van der Waals surface area contributed by atoms with Crippen molar-refractivity contribution in [2.24, 2.45) is 5.92 Å². The van der Waals surface area contributed by atoms with Gasteiger partial charge in [0.2, 0.25) is 5.91 Å². The first-order chi connectivity index (χ1) is 13.7. The van der Waals surface area contributed by atoms with Crippen LogP contribution in [0.1, 0.15) is 58.9 Å². The van der Waals surface area contributed by atoms with Crippen molar-refractivity contribution >= 4 is 23.5 Å². The molecule has 1 aromatic carbocycles. The van der Waals surface area contributed by atoms with Crippen LogP contribution in [-0.2, 0) is 23.9 Å². The van der Waals surface area contributed by atoms with Gasteiger partial charge in [-0.1, -0.05) is 30.3 Å². The van der Waals surface area contributed by atoms with Crippen LogP contribution in [0.15, 0.2) is 36.4 Å². The smallest absolute Gasteiger partial charge is 0.312 e. The zero-order valence-electron chi connectivity index (χ0n) is 17.8. The molecule has 0 radical (unpaired) electrons. The fraction of sp³-hybridized carbons (Fsp3) is 0.522. The summed E-state index contributed by atoms with van der Waals surface area (Å²) in [5.74, 6) is -1.14. The molecule has 0 saturated heterocycles. The minimum atomic E-state index is -0.579. The molecule has 0 bridgehead atoms. The van der Waals surface area contributed by atoms with Crippen LogP contribution in [0.2, 0.25) is 0 Å². The van der Waals surface area contributed by atoms with Gasteiger partial charge < -0.3 is 14.4 Å². The molecule has 1 heterocycles. The van der Waals surface area contributed by atoms with Gasteiger partial charge in [-0.3, -0.25) is 14.4 Å². The third kappa shape index (κ3) is 7.04. The monoisotopic (exact) mass is 401 g/mol. The van der Waals surface area contributed by atoms with E-state index in [9.17, 15) is 14.4 Å². The highest BCUT2D eigenvalue weighted by molar-refractivity contribution is 5.89. The molecule has 1 amide bonds. The van der Waals surface area contributed by atoms with E-state index in [0.717, 1.165) is 5.56 Å². The molecule has 0 fully saturated rings. The fourth-order valence-corrected chi connectivity index (χ4v) is 3.24. The molecule has 2 rings (SSSR count). The predicted molar refractivity (Wildman–Crippen MR) is 111 cm³/mol. The number of ether oxygens (including phenoxy) is 2. The maximum absolute atomic E-state index is 12.9. The fourth-order valence-electron chi connectivity index (χ4n) is 3.24. The SMILES string of the molecule is CCOC(=O)C1/C=C(/c2ccccc2)N(CCC(=O)OC(C)(C)C)C(=O)CCC1. The summed E-state index contributed by atoms with van der Waals surface area (Å²) in [6, 6.07) is 9.44. The van der Waals surface area contributed by atoms with E-state index in [0.29, 0.717) is 31.6 Å². The predicted octanol–water partition coefficient (Wildman–Crippen LogP) is 3.95. The van der Waals surface area contributed by atoms with E-state index in [4.69, 9.17) is 9.47 Å². The van der Waals surface area contributed by atoms with Crippen LogP contribution in [0.25, 0.3) is 5.70 Å². The van der Waals surface area contributed by atoms with Crippen LogP contribution in [0.5, 0.6) is 0 Å². The van der Waals surface area contributed by atoms with Gasteiger partial charge in [0.25, 0.3) is 0 Å². The second-order valence-electron chi connectivity index (χ2n) is 8.05. The van der Waals surface area contributed by atoms with Gasteiger partial charge in [0, 0.05) is 18.7 Å². The van der Waals surface area contributed by atoms with Crippen LogP contribution in [0.3, 0.4) is 0 Å². The average molecular weight is 402 g/mol. The van der Waals surface area contributed by atoms with Gasteiger partial charge in [0.15, 0.2) is 0 Å². The average Bonchev–Trinajstić information content (AvgIpc) is 2.63. The Kier molecular flexibility index (Phi) is 8.00. The summed E-state index contributed by atoms with van der Waals surface area (Å²) in [6.07, 6.45) is 3.34. The van der Waals surface area contributed by atoms with Crippen molar-refractivity contribution in [3.63, 3.8) is 0 Å². The summed E-state index contributed by atoms with van der Waals surface area (Å²) in [4.78, 5) is 39.1. The number of nitrogens with zero attached hydrogens (tertiary/aromatic N) is 1. The van der Waals surface area contributed by atoms with E-state index in [1.807, 2.05) is 51.1 Å². The summed E-state index contributed by atoms with van der Waals surface area (Å²) < 4.78 is 10.6. The van der Waals surface area contributed by atoms with E-state index in [1.54, 1.807) is 17.9 Å². The van der Waals surface area contributed by atoms with Gasteiger partial charge >= 0.3 is 11.9 Å². The van der Waals surface area contributed by atoms with Crippen LogP contribution < -0.4 is 0 Å². The minimum absolute atomic E-state index is 0.0639. The number of rotatable bonds is 6. The number of hydrogen-bond donors (Lipinski definition) is 0. The highest BCUT2D eigenvalue weighted by atomic mass is 16.6. The van der Waals surface area contributed by atoms with E-state index in [-0.39, 0.29) is 30.8 Å². The van der Waals surface area contributed by atoms with Crippen LogP contribution in [0, 0.1) is 5.92 Å². The van der Waals surface area contributed by atoms with Crippen molar-refractivity contribution in [2.45, 2.75) is 59.0 Å². The van der Waals surface area contributed by atoms with Crippen molar-refractivity contribution in [3.8, 4) is 0 Å². The third-order valence-corrected chi connectivity index (χ3v) is 4.48. The number of amides is 1. The number of carbonyl (C=O) groups is 3. The summed E-state index contributed by atoms with van der Waals surface area (Å²) in [7, 11) is 0. The normalized spacial score (nSPS) is 19.6. The molecular formula is C23H31NO5. The summed E-state index contributed by atoms with van der Waals surface area (Å²) in [5, 5.41) is 0. The van der Waals surface area contributed by atoms with Crippen LogP contribution in [0.4, 0.5) is 0 Å². The number of benzene rings is 1. The molecule has 29 heavy (non-hydrogen) atoms. The Morgan fingerprint density at radius 2 is 1.86 bits per heavy atom. The lowest BCUT2D eigenvalue weighted by molar-refractivity contribution is -0.155. The number of hydrogen-bond acceptors (Lipinski definition) is 5. The van der Waals surface area contributed by atoms with Gasteiger partial charge in [-0.15, -0.1) is 0 Å². The van der Waals surface area contributed by atoms with E-state index in [1.165, 1.54) is 0 Å². The van der Waals surface area contributed by atoms with Gasteiger partial charge in [-0.25, -0.2) is 0 Å². The first kappa shape index (κ1) is 22.7. The lowest BCUT2D eigenvalue weighted by atomic mass is 9.95. The van der Waals surface area contributed by atoms with E-state index >= 15 is 0 Å². The Labute approximate surface area is 172 Å². The second kappa shape index (κ2) is 10.2. The molecule has 0 aliphatic carbocycles. The lowest BCUT2D eigenvalue weighted by Crippen LogP contribution is -2.35. The Morgan fingerprint density at radius 3 is 2.48 bits per heavy atom. The highest BCUT2D eigenvalue weighted by Gasteiger charge is 2.28. The number of carbonyl (C=O) groups excluding carboxylic acids is 3. The maximum Gasteiger partial charge on any atom is 0.312 e. The minimum Gasteiger partial charge on any atom is -0.466 e. The molecule has 0 spiro atoms. The molecule has 1 aromatic rings. The maximum atomic E-state index is 12.9. The van der Waals surface area contributed by atoms with Gasteiger partial charge in [-0.05, 0) is 52.2 Å². The van der Waals surface area contributed by atoms with Gasteiger partial charge in [0.1, 0.15) is 5.60 Å².